The highest BCUT2D eigenvalue weighted by Gasteiger charge is 2.00. The zero-order valence-corrected chi connectivity index (χ0v) is 9.62. The average Bonchev–Trinajstić information content (AvgIpc) is 2.16. The van der Waals surface area contributed by atoms with Crippen LogP contribution in [0.15, 0.2) is 43.0 Å². The van der Waals surface area contributed by atoms with Gasteiger partial charge in [0, 0.05) is 5.69 Å². The summed E-state index contributed by atoms with van der Waals surface area (Å²) in [5.74, 6) is 0. The van der Waals surface area contributed by atoms with Crippen molar-refractivity contribution in [2.24, 2.45) is 0 Å². The summed E-state index contributed by atoms with van der Waals surface area (Å²) in [6, 6.07) is 4.16. The molecule has 1 nitrogen and oxygen atoms in total. The Morgan fingerprint density at radius 3 is 2.60 bits per heavy atom. The van der Waals surface area contributed by atoms with Crippen LogP contribution in [0.25, 0.3) is 5.57 Å². The first-order chi connectivity index (χ1) is 7.17. The second-order valence-electron chi connectivity index (χ2n) is 3.53. The highest BCUT2D eigenvalue weighted by molar-refractivity contribution is 5.73. The third-order valence-electron chi connectivity index (χ3n) is 2.04. The maximum absolute atomic E-state index is 4.50. The van der Waals surface area contributed by atoms with Gasteiger partial charge in [0.15, 0.2) is 0 Å². The van der Waals surface area contributed by atoms with Crippen molar-refractivity contribution < 1.29 is 0 Å². The van der Waals surface area contributed by atoms with E-state index in [0.717, 1.165) is 17.0 Å². The summed E-state index contributed by atoms with van der Waals surface area (Å²) in [5, 5.41) is 0. The Labute approximate surface area is 91.9 Å². The fraction of sp³-hybridized carbons (Fsp3) is 0.214. The van der Waals surface area contributed by atoms with E-state index in [4.69, 9.17) is 0 Å². The van der Waals surface area contributed by atoms with Crippen LogP contribution in [0.2, 0.25) is 0 Å². The van der Waals surface area contributed by atoms with Gasteiger partial charge < -0.3 is 0 Å². The van der Waals surface area contributed by atoms with Crippen molar-refractivity contribution in [3.63, 3.8) is 0 Å². The molecule has 0 spiro atoms. The van der Waals surface area contributed by atoms with E-state index >= 15 is 0 Å². The molecule has 0 unspecified atom stereocenters. The average molecular weight is 199 g/mol. The summed E-state index contributed by atoms with van der Waals surface area (Å²) in [7, 11) is 0. The molecule has 0 amide bonds. The van der Waals surface area contributed by atoms with Gasteiger partial charge in [-0.15, -0.1) is 0 Å². The van der Waals surface area contributed by atoms with Gasteiger partial charge in [-0.25, -0.2) is 0 Å². The smallest absolute Gasteiger partial charge is 0.0707 e. The topological polar surface area (TPSA) is 12.9 Å². The van der Waals surface area contributed by atoms with Crippen LogP contribution in [0.3, 0.4) is 0 Å². The summed E-state index contributed by atoms with van der Waals surface area (Å²) >= 11 is 0. The first kappa shape index (κ1) is 11.4. The van der Waals surface area contributed by atoms with Crippen molar-refractivity contribution in [1.29, 1.82) is 0 Å². The van der Waals surface area contributed by atoms with Gasteiger partial charge in [-0.1, -0.05) is 30.9 Å². The summed E-state index contributed by atoms with van der Waals surface area (Å²) in [4.78, 5) is 4.50. The molecule has 0 bridgehead atoms. The number of pyridine rings is 1. The number of hydrogen-bond donors (Lipinski definition) is 0. The largest absolute Gasteiger partial charge is 0.253 e. The molecule has 0 aromatic carbocycles. The van der Waals surface area contributed by atoms with Gasteiger partial charge in [0.25, 0.3) is 0 Å². The van der Waals surface area contributed by atoms with E-state index in [1.165, 1.54) is 5.56 Å². The molecule has 1 heterocycles. The molecule has 15 heavy (non-hydrogen) atoms. The lowest BCUT2D eigenvalue weighted by molar-refractivity contribution is 1.15. The molecule has 0 atom stereocenters. The third kappa shape index (κ3) is 3.21. The molecule has 1 heteroatoms. The van der Waals surface area contributed by atoms with Crippen LogP contribution >= 0.6 is 0 Å². The molecule has 0 aliphatic carbocycles. The van der Waals surface area contributed by atoms with Gasteiger partial charge in [0.2, 0.25) is 0 Å². The van der Waals surface area contributed by atoms with Gasteiger partial charge in [-0.2, -0.15) is 0 Å². The van der Waals surface area contributed by atoms with Crippen LogP contribution in [0, 0.1) is 13.8 Å². The van der Waals surface area contributed by atoms with E-state index in [0.29, 0.717) is 0 Å². The van der Waals surface area contributed by atoms with Gasteiger partial charge in [0.05, 0.1) is 5.69 Å². The predicted molar refractivity (Wildman–Crippen MR) is 66.7 cm³/mol. The van der Waals surface area contributed by atoms with E-state index in [2.05, 4.69) is 30.6 Å². The summed E-state index contributed by atoms with van der Waals surface area (Å²) in [6.45, 7) is 9.81. The van der Waals surface area contributed by atoms with Crippen molar-refractivity contribution in [2.75, 3.05) is 0 Å². The fourth-order valence-electron chi connectivity index (χ4n) is 1.52. The minimum absolute atomic E-state index is 1.01. The van der Waals surface area contributed by atoms with Crippen molar-refractivity contribution in [3.05, 3.63) is 60.0 Å². The SMILES string of the molecule is C=C/C=C(\C=C/C)c1cc(C)cc(C)n1. The van der Waals surface area contributed by atoms with Crippen LogP contribution < -0.4 is 0 Å². The van der Waals surface area contributed by atoms with Gasteiger partial charge >= 0.3 is 0 Å². The molecule has 0 radical (unpaired) electrons. The zero-order valence-electron chi connectivity index (χ0n) is 9.62. The fourth-order valence-corrected chi connectivity index (χ4v) is 1.52. The van der Waals surface area contributed by atoms with E-state index in [-0.39, 0.29) is 0 Å². The quantitative estimate of drug-likeness (QED) is 0.674. The van der Waals surface area contributed by atoms with Crippen LogP contribution in [-0.2, 0) is 0 Å². The lowest BCUT2D eigenvalue weighted by atomic mass is 10.1. The standard InChI is InChI=1S/C14H17N/c1-5-7-13(8-6-2)14-10-11(3)9-12(4)15-14/h5-10H,1H2,2-4H3/b8-6-,13-7+. The van der Waals surface area contributed by atoms with Crippen molar-refractivity contribution in [3.8, 4) is 0 Å². The number of rotatable bonds is 3. The molecular formula is C14H17N. The molecule has 0 N–H and O–H groups in total. The normalized spacial score (nSPS) is 12.1. The molecule has 0 aliphatic rings. The van der Waals surface area contributed by atoms with Crippen LogP contribution in [-0.4, -0.2) is 4.98 Å². The molecule has 1 aromatic heterocycles. The Morgan fingerprint density at radius 1 is 1.33 bits per heavy atom. The summed E-state index contributed by atoms with van der Waals surface area (Å²) < 4.78 is 0. The first-order valence-corrected chi connectivity index (χ1v) is 5.08. The lowest BCUT2D eigenvalue weighted by Gasteiger charge is -2.04. The molecule has 1 rings (SSSR count). The Hall–Kier alpha value is -1.63. The van der Waals surface area contributed by atoms with Crippen LogP contribution in [0.4, 0.5) is 0 Å². The number of allylic oxidation sites excluding steroid dienone is 5. The molecule has 1 aromatic rings. The Kier molecular flexibility index (Phi) is 4.04. The van der Waals surface area contributed by atoms with E-state index in [1.807, 2.05) is 32.1 Å². The molecular weight excluding hydrogens is 182 g/mol. The van der Waals surface area contributed by atoms with E-state index < -0.39 is 0 Å². The monoisotopic (exact) mass is 199 g/mol. The first-order valence-electron chi connectivity index (χ1n) is 5.08. The van der Waals surface area contributed by atoms with Gasteiger partial charge in [0.1, 0.15) is 0 Å². The number of aromatic nitrogens is 1. The van der Waals surface area contributed by atoms with Crippen molar-refractivity contribution in [1.82, 2.24) is 4.98 Å². The van der Waals surface area contributed by atoms with Gasteiger partial charge in [-0.3, -0.25) is 4.98 Å². The Morgan fingerprint density at radius 2 is 2.07 bits per heavy atom. The maximum atomic E-state index is 4.50. The second-order valence-corrected chi connectivity index (χ2v) is 3.53. The minimum atomic E-state index is 1.01. The molecule has 78 valence electrons. The van der Waals surface area contributed by atoms with Crippen molar-refractivity contribution in [2.45, 2.75) is 20.8 Å². The third-order valence-corrected chi connectivity index (χ3v) is 2.04. The molecule has 0 saturated heterocycles. The summed E-state index contributed by atoms with van der Waals surface area (Å²) in [6.07, 6.45) is 7.81. The molecule has 0 saturated carbocycles. The highest BCUT2D eigenvalue weighted by Crippen LogP contribution is 2.16. The predicted octanol–water partition coefficient (Wildman–Crippen LogP) is 3.84. The van der Waals surface area contributed by atoms with Crippen molar-refractivity contribution >= 4 is 5.57 Å². The van der Waals surface area contributed by atoms with E-state index in [1.54, 1.807) is 6.08 Å². The minimum Gasteiger partial charge on any atom is -0.253 e. The highest BCUT2D eigenvalue weighted by atomic mass is 14.7. The molecule has 0 aliphatic heterocycles. The lowest BCUT2D eigenvalue weighted by Crippen LogP contribution is -1.91. The second kappa shape index (κ2) is 5.30. The summed E-state index contributed by atoms with van der Waals surface area (Å²) in [5.41, 5.74) is 4.38. The van der Waals surface area contributed by atoms with Crippen LogP contribution in [0.5, 0.6) is 0 Å². The maximum Gasteiger partial charge on any atom is 0.0707 e. The number of hydrogen-bond acceptors (Lipinski definition) is 1. The molecule has 0 fully saturated rings. The number of aryl methyl sites for hydroxylation is 2. The Balaban J connectivity index is 3.22. The van der Waals surface area contributed by atoms with Gasteiger partial charge in [-0.05, 0) is 44.0 Å². The van der Waals surface area contributed by atoms with Crippen LogP contribution in [0.1, 0.15) is 23.9 Å². The number of nitrogens with zero attached hydrogens (tertiary/aromatic N) is 1. The Bertz CT molecular complexity index is 391. The van der Waals surface area contributed by atoms with E-state index in [9.17, 15) is 0 Å². The zero-order chi connectivity index (χ0) is 11.3.